The molecular weight excluding hydrogens is 403 g/mol. The number of nitrogens with one attached hydrogen (secondary N) is 1. The van der Waals surface area contributed by atoms with Crippen molar-refractivity contribution in [1.29, 1.82) is 0 Å². The first-order chi connectivity index (χ1) is 13.7. The first kappa shape index (κ1) is 20.5. The Balaban J connectivity index is 1.61. The SMILES string of the molecule is Cc1cc([N+](=O)[O-])nn1CC(C)C(=O)Nc1ccn(Cc2ccc(F)cc2Cl)n1. The fraction of sp³-hybridized carbons (Fsp3) is 0.278. The highest BCUT2D eigenvalue weighted by Gasteiger charge is 2.21. The van der Waals surface area contributed by atoms with Crippen LogP contribution in [0.3, 0.4) is 0 Å². The van der Waals surface area contributed by atoms with Crippen molar-refractivity contribution < 1.29 is 14.1 Å². The fourth-order valence-corrected chi connectivity index (χ4v) is 2.93. The summed E-state index contributed by atoms with van der Waals surface area (Å²) in [5, 5.41) is 22.0. The summed E-state index contributed by atoms with van der Waals surface area (Å²) in [7, 11) is 0. The molecule has 3 aromatic rings. The molecule has 1 aromatic carbocycles. The largest absolute Gasteiger partial charge is 0.390 e. The highest BCUT2D eigenvalue weighted by atomic mass is 35.5. The minimum Gasteiger partial charge on any atom is -0.358 e. The van der Waals surface area contributed by atoms with E-state index in [0.717, 1.165) is 0 Å². The Morgan fingerprint density at radius 3 is 2.76 bits per heavy atom. The minimum absolute atomic E-state index is 0.192. The lowest BCUT2D eigenvalue weighted by Gasteiger charge is -2.10. The number of hydrogen-bond acceptors (Lipinski definition) is 5. The number of hydrogen-bond donors (Lipinski definition) is 1. The number of halogens is 2. The maximum absolute atomic E-state index is 13.1. The highest BCUT2D eigenvalue weighted by molar-refractivity contribution is 6.31. The van der Waals surface area contributed by atoms with Crippen molar-refractivity contribution in [2.24, 2.45) is 5.92 Å². The van der Waals surface area contributed by atoms with E-state index in [9.17, 15) is 19.3 Å². The summed E-state index contributed by atoms with van der Waals surface area (Å²) in [5.74, 6) is -1.12. The van der Waals surface area contributed by atoms with Crippen LogP contribution in [0, 0.1) is 28.8 Å². The van der Waals surface area contributed by atoms with E-state index in [1.54, 1.807) is 36.9 Å². The number of benzene rings is 1. The van der Waals surface area contributed by atoms with E-state index in [-0.39, 0.29) is 18.3 Å². The topological polar surface area (TPSA) is 108 Å². The fourth-order valence-electron chi connectivity index (χ4n) is 2.70. The Kier molecular flexibility index (Phi) is 5.92. The maximum atomic E-state index is 13.1. The van der Waals surface area contributed by atoms with Crippen molar-refractivity contribution >= 4 is 29.1 Å². The molecule has 1 atom stereocenters. The number of aromatic nitrogens is 4. The van der Waals surface area contributed by atoms with E-state index < -0.39 is 16.7 Å². The van der Waals surface area contributed by atoms with Crippen molar-refractivity contribution in [3.8, 4) is 0 Å². The molecule has 0 aliphatic carbocycles. The lowest BCUT2D eigenvalue weighted by molar-refractivity contribution is -0.389. The molecule has 152 valence electrons. The number of carbonyl (C=O) groups excluding carboxylic acids is 1. The summed E-state index contributed by atoms with van der Waals surface area (Å²) in [5.41, 5.74) is 1.29. The molecule has 29 heavy (non-hydrogen) atoms. The summed E-state index contributed by atoms with van der Waals surface area (Å²) in [6, 6.07) is 7.10. The average molecular weight is 421 g/mol. The quantitative estimate of drug-likeness (QED) is 0.465. The van der Waals surface area contributed by atoms with Gasteiger partial charge in [0.05, 0.1) is 35.9 Å². The van der Waals surface area contributed by atoms with E-state index in [2.05, 4.69) is 15.5 Å². The van der Waals surface area contributed by atoms with Gasteiger partial charge in [-0.3, -0.25) is 9.48 Å². The molecule has 0 radical (unpaired) electrons. The van der Waals surface area contributed by atoms with Gasteiger partial charge in [-0.05, 0) is 29.5 Å². The first-order valence-electron chi connectivity index (χ1n) is 8.70. The predicted octanol–water partition coefficient (Wildman–Crippen LogP) is 3.41. The van der Waals surface area contributed by atoms with Crippen molar-refractivity contribution in [3.05, 3.63) is 68.7 Å². The van der Waals surface area contributed by atoms with Crippen LogP contribution in [0.1, 0.15) is 18.2 Å². The second-order valence-electron chi connectivity index (χ2n) is 6.61. The number of anilines is 1. The predicted molar refractivity (Wildman–Crippen MR) is 104 cm³/mol. The second kappa shape index (κ2) is 8.39. The third kappa shape index (κ3) is 4.96. The number of amides is 1. The Bertz CT molecular complexity index is 1060. The van der Waals surface area contributed by atoms with Crippen molar-refractivity contribution in [2.75, 3.05) is 5.32 Å². The Hall–Kier alpha value is -3.27. The third-order valence-electron chi connectivity index (χ3n) is 4.29. The molecule has 0 aliphatic rings. The zero-order chi connectivity index (χ0) is 21.1. The van der Waals surface area contributed by atoms with Crippen LogP contribution in [0.5, 0.6) is 0 Å². The van der Waals surface area contributed by atoms with Gasteiger partial charge in [0.1, 0.15) is 5.82 Å². The molecule has 0 saturated carbocycles. The van der Waals surface area contributed by atoms with Gasteiger partial charge in [-0.25, -0.2) is 4.39 Å². The number of rotatable bonds is 7. The lowest BCUT2D eigenvalue weighted by atomic mass is 10.1. The van der Waals surface area contributed by atoms with Gasteiger partial charge in [-0.15, -0.1) is 0 Å². The molecule has 1 N–H and O–H groups in total. The molecule has 2 aromatic heterocycles. The lowest BCUT2D eigenvalue weighted by Crippen LogP contribution is -2.25. The molecule has 2 heterocycles. The zero-order valence-electron chi connectivity index (χ0n) is 15.7. The summed E-state index contributed by atoms with van der Waals surface area (Å²) in [6.07, 6.45) is 1.67. The maximum Gasteiger partial charge on any atom is 0.390 e. The average Bonchev–Trinajstić information content (AvgIpc) is 3.24. The Labute approximate surface area is 170 Å². The van der Waals surface area contributed by atoms with Crippen molar-refractivity contribution in [3.63, 3.8) is 0 Å². The van der Waals surface area contributed by atoms with Crippen molar-refractivity contribution in [1.82, 2.24) is 19.6 Å². The van der Waals surface area contributed by atoms with E-state index in [0.29, 0.717) is 28.6 Å². The van der Waals surface area contributed by atoms with Crippen LogP contribution in [-0.2, 0) is 17.9 Å². The molecule has 0 fully saturated rings. The molecule has 0 spiro atoms. The minimum atomic E-state index is -0.575. The van der Waals surface area contributed by atoms with Crippen LogP contribution in [0.2, 0.25) is 5.02 Å². The van der Waals surface area contributed by atoms with Gasteiger partial charge in [0, 0.05) is 17.3 Å². The third-order valence-corrected chi connectivity index (χ3v) is 4.64. The molecule has 0 bridgehead atoms. The first-order valence-corrected chi connectivity index (χ1v) is 9.08. The smallest absolute Gasteiger partial charge is 0.358 e. The van der Waals surface area contributed by atoms with E-state index in [4.69, 9.17) is 11.6 Å². The standard InChI is InChI=1S/C18H18ClFN6O3/c1-11(9-25-12(2)7-17(23-25)26(28)29)18(27)21-16-5-6-24(22-16)10-13-3-4-14(20)8-15(13)19/h3-8,11H,9-10H2,1-2H3,(H,21,22,27). The molecule has 1 unspecified atom stereocenters. The van der Waals surface area contributed by atoms with Gasteiger partial charge in [-0.1, -0.05) is 24.6 Å². The Morgan fingerprint density at radius 1 is 1.34 bits per heavy atom. The number of nitro groups is 1. The summed E-state index contributed by atoms with van der Waals surface area (Å²) in [4.78, 5) is 22.7. The van der Waals surface area contributed by atoms with Crippen LogP contribution in [0.25, 0.3) is 0 Å². The van der Waals surface area contributed by atoms with Gasteiger partial charge in [-0.2, -0.15) is 9.78 Å². The molecule has 0 aliphatic heterocycles. The van der Waals surface area contributed by atoms with Crippen LogP contribution >= 0.6 is 11.6 Å². The van der Waals surface area contributed by atoms with Crippen LogP contribution in [0.15, 0.2) is 36.5 Å². The Morgan fingerprint density at radius 2 is 2.10 bits per heavy atom. The van der Waals surface area contributed by atoms with E-state index >= 15 is 0 Å². The van der Waals surface area contributed by atoms with Gasteiger partial charge < -0.3 is 15.4 Å². The summed E-state index contributed by atoms with van der Waals surface area (Å²) >= 11 is 6.02. The van der Waals surface area contributed by atoms with Crippen LogP contribution in [-0.4, -0.2) is 30.4 Å². The molecule has 0 saturated heterocycles. The highest BCUT2D eigenvalue weighted by Crippen LogP contribution is 2.19. The zero-order valence-corrected chi connectivity index (χ0v) is 16.4. The van der Waals surface area contributed by atoms with Gasteiger partial charge in [0.2, 0.25) is 5.91 Å². The van der Waals surface area contributed by atoms with Gasteiger partial charge in [0.15, 0.2) is 5.82 Å². The number of aryl methyl sites for hydroxylation is 1. The second-order valence-corrected chi connectivity index (χ2v) is 7.01. The summed E-state index contributed by atoms with van der Waals surface area (Å²) in [6.45, 7) is 3.89. The number of carbonyl (C=O) groups is 1. The summed E-state index contributed by atoms with van der Waals surface area (Å²) < 4.78 is 16.1. The number of nitrogens with zero attached hydrogens (tertiary/aromatic N) is 5. The van der Waals surface area contributed by atoms with Crippen LogP contribution < -0.4 is 5.32 Å². The van der Waals surface area contributed by atoms with Gasteiger partial charge >= 0.3 is 5.82 Å². The molecule has 9 nitrogen and oxygen atoms in total. The normalized spacial score (nSPS) is 12.0. The monoisotopic (exact) mass is 420 g/mol. The van der Waals surface area contributed by atoms with E-state index in [1.807, 2.05) is 0 Å². The molecule has 1 amide bonds. The van der Waals surface area contributed by atoms with Gasteiger partial charge in [0.25, 0.3) is 0 Å². The van der Waals surface area contributed by atoms with E-state index in [1.165, 1.54) is 22.9 Å². The molecule has 11 heteroatoms. The molecule has 3 rings (SSSR count). The molecular formula is C18H18ClFN6O3. The van der Waals surface area contributed by atoms with Crippen LogP contribution in [0.4, 0.5) is 16.0 Å². The van der Waals surface area contributed by atoms with Crippen molar-refractivity contribution in [2.45, 2.75) is 26.9 Å².